The van der Waals surface area contributed by atoms with Crippen LogP contribution in [0.3, 0.4) is 0 Å². The summed E-state index contributed by atoms with van der Waals surface area (Å²) >= 11 is 0. The molecule has 3 amide bonds. The maximum absolute atomic E-state index is 12.9. The van der Waals surface area contributed by atoms with Crippen LogP contribution in [0.5, 0.6) is 0 Å². The average Bonchev–Trinajstić information content (AvgIpc) is 3.73. The molecule has 2 unspecified atom stereocenters. The summed E-state index contributed by atoms with van der Waals surface area (Å²) in [4.78, 5) is 38.6. The zero-order valence-electron chi connectivity index (χ0n) is 23.1. The molecule has 0 radical (unpaired) electrons. The van der Waals surface area contributed by atoms with Gasteiger partial charge in [-0.3, -0.25) is 14.7 Å². The van der Waals surface area contributed by atoms with Crippen molar-refractivity contribution in [3.05, 3.63) is 49.1 Å². The van der Waals surface area contributed by atoms with Crippen molar-refractivity contribution in [3.8, 4) is 0 Å². The molecule has 16 heteroatoms. The van der Waals surface area contributed by atoms with Crippen molar-refractivity contribution in [2.24, 2.45) is 0 Å². The molecule has 222 valence electrons. The van der Waals surface area contributed by atoms with Crippen LogP contribution in [0.4, 0.5) is 16.3 Å². The summed E-state index contributed by atoms with van der Waals surface area (Å²) in [5.74, 6) is -1.13. The Kier molecular flexibility index (Phi) is 7.18. The third-order valence-electron chi connectivity index (χ3n) is 7.02. The molecular weight excluding hydrogens is 568 g/mol. The van der Waals surface area contributed by atoms with Crippen molar-refractivity contribution in [3.63, 3.8) is 0 Å². The lowest BCUT2D eigenvalue weighted by Crippen LogP contribution is -2.42. The van der Waals surface area contributed by atoms with Gasteiger partial charge in [0.05, 0.1) is 11.2 Å². The number of anilines is 2. The number of nitrogens with one attached hydrogen (secondary N) is 3. The molecule has 6 rings (SSSR count). The summed E-state index contributed by atoms with van der Waals surface area (Å²) in [6, 6.07) is 5.33. The van der Waals surface area contributed by atoms with E-state index in [1.165, 1.54) is 29.1 Å². The van der Waals surface area contributed by atoms with Crippen LogP contribution in [0.1, 0.15) is 27.0 Å². The number of hydrogen-bond acceptors (Lipinski definition) is 10. The van der Waals surface area contributed by atoms with Gasteiger partial charge in [0.15, 0.2) is 35.1 Å². The number of rotatable bonds is 7. The number of benzene rings is 1. The van der Waals surface area contributed by atoms with E-state index in [0.717, 1.165) is 0 Å². The Balaban J connectivity index is 1.21. The van der Waals surface area contributed by atoms with Crippen LogP contribution in [-0.4, -0.2) is 87.9 Å². The first kappa shape index (κ1) is 28.2. The molecule has 2 fully saturated rings. The molecule has 42 heavy (non-hydrogen) atoms. The van der Waals surface area contributed by atoms with Crippen molar-refractivity contribution in [2.75, 3.05) is 30.3 Å². The molecule has 0 saturated carbocycles. The van der Waals surface area contributed by atoms with E-state index in [0.29, 0.717) is 25.3 Å². The van der Waals surface area contributed by atoms with Gasteiger partial charge in [0, 0.05) is 25.3 Å². The molecule has 3 aliphatic heterocycles. The molecule has 2 aromatic heterocycles. The first-order chi connectivity index (χ1) is 20.1. The second-order valence-corrected chi connectivity index (χ2v) is 12.3. The molecule has 3 N–H and O–H groups in total. The van der Waals surface area contributed by atoms with E-state index in [2.05, 4.69) is 30.9 Å². The highest BCUT2D eigenvalue weighted by atomic mass is 32.2. The normalized spacial score (nSPS) is 25.0. The molecular formula is C26H30N8O7S. The number of ether oxygens (including phenoxy) is 3. The van der Waals surface area contributed by atoms with Crippen LogP contribution in [0.15, 0.2) is 54.0 Å². The molecule has 0 spiro atoms. The number of carbonyl (C=O) groups excluding carboxylic acids is 2. The van der Waals surface area contributed by atoms with Crippen molar-refractivity contribution >= 4 is 44.6 Å². The smallest absolute Gasteiger partial charge is 0.324 e. The standard InChI is InChI=1S/C26H30N8O7S/c1-4-27-23(35)19-18-20(41-26(2,3)40-18)24(39-19)34-14-30-17-21(28-13-29-22(17)34)32-25(36)31-15-8-7-9-16(12-15)42(37,38)33-10-5-6-11-33/h5-9,12-14,18-20,24H,4,10-11H2,1-3H3,(H,27,35)(H2,28,29,31,32,36)/t18?,19-,20?,24+/m0/s1. The predicted molar refractivity (Wildman–Crippen MR) is 149 cm³/mol. The van der Waals surface area contributed by atoms with Crippen LogP contribution in [0.2, 0.25) is 0 Å². The van der Waals surface area contributed by atoms with Crippen molar-refractivity contribution < 1.29 is 32.2 Å². The number of nitrogens with zero attached hydrogens (tertiary/aromatic N) is 5. The van der Waals surface area contributed by atoms with Crippen LogP contribution in [0.25, 0.3) is 11.2 Å². The highest BCUT2D eigenvalue weighted by Gasteiger charge is 2.58. The van der Waals surface area contributed by atoms with Crippen LogP contribution >= 0.6 is 0 Å². The van der Waals surface area contributed by atoms with E-state index in [-0.39, 0.29) is 27.8 Å². The number of aromatic nitrogens is 4. The van der Waals surface area contributed by atoms with Gasteiger partial charge in [0.25, 0.3) is 5.91 Å². The molecule has 3 aliphatic rings. The van der Waals surface area contributed by atoms with Gasteiger partial charge in [-0.05, 0) is 39.0 Å². The zero-order valence-corrected chi connectivity index (χ0v) is 23.9. The summed E-state index contributed by atoms with van der Waals surface area (Å²) in [5, 5.41) is 8.05. The SMILES string of the molecule is CCNC(=O)[C@H]1O[C@@H](n2cnc3c(NC(=O)Nc4cccc(S(=O)(=O)N5CC=CC5)c4)ncnc32)C2OC(C)(C)OC21. The Hall–Kier alpha value is -3.96. The molecule has 2 saturated heterocycles. The number of hydrogen-bond donors (Lipinski definition) is 3. The van der Waals surface area contributed by atoms with Gasteiger partial charge in [-0.25, -0.2) is 28.2 Å². The number of fused-ring (bicyclic) bond motifs is 2. The summed E-state index contributed by atoms with van der Waals surface area (Å²) < 4.78 is 46.9. The first-order valence-corrected chi connectivity index (χ1v) is 14.8. The number of imidazole rings is 1. The minimum atomic E-state index is -3.71. The minimum Gasteiger partial charge on any atom is -0.354 e. The van der Waals surface area contributed by atoms with E-state index in [1.54, 1.807) is 42.7 Å². The first-order valence-electron chi connectivity index (χ1n) is 13.4. The fourth-order valence-corrected chi connectivity index (χ4v) is 6.61. The maximum Gasteiger partial charge on any atom is 0.324 e. The van der Waals surface area contributed by atoms with E-state index >= 15 is 0 Å². The fraction of sp³-hybridized carbons (Fsp3) is 0.423. The summed E-state index contributed by atoms with van der Waals surface area (Å²) in [6.07, 6.45) is 3.32. The molecule has 4 atom stereocenters. The van der Waals surface area contributed by atoms with Crippen LogP contribution in [-0.2, 0) is 29.0 Å². The molecule has 0 bridgehead atoms. The van der Waals surface area contributed by atoms with Crippen molar-refractivity contribution in [2.45, 2.75) is 56.0 Å². The molecule has 1 aromatic carbocycles. The number of sulfonamides is 1. The second kappa shape index (κ2) is 10.7. The van der Waals surface area contributed by atoms with Crippen molar-refractivity contribution in [1.82, 2.24) is 29.1 Å². The lowest BCUT2D eigenvalue weighted by atomic mass is 10.1. The Morgan fingerprint density at radius 3 is 2.60 bits per heavy atom. The lowest BCUT2D eigenvalue weighted by Gasteiger charge is -2.24. The van der Waals surface area contributed by atoms with Gasteiger partial charge in [-0.15, -0.1) is 0 Å². The number of likely N-dealkylation sites (N-methyl/N-ethyl adjacent to an activating group) is 1. The maximum atomic E-state index is 12.9. The van der Waals surface area contributed by atoms with Gasteiger partial charge in [-0.2, -0.15) is 4.31 Å². The van der Waals surface area contributed by atoms with Gasteiger partial charge in [-0.1, -0.05) is 18.2 Å². The summed E-state index contributed by atoms with van der Waals surface area (Å²) in [6.45, 7) is 6.37. The van der Waals surface area contributed by atoms with E-state index in [4.69, 9.17) is 14.2 Å². The quantitative estimate of drug-likeness (QED) is 0.338. The van der Waals surface area contributed by atoms with E-state index < -0.39 is 46.4 Å². The second-order valence-electron chi connectivity index (χ2n) is 10.4. The van der Waals surface area contributed by atoms with Gasteiger partial charge in [0.1, 0.15) is 18.5 Å². The Labute approximate surface area is 241 Å². The summed E-state index contributed by atoms with van der Waals surface area (Å²) in [7, 11) is -3.71. The highest BCUT2D eigenvalue weighted by molar-refractivity contribution is 7.89. The molecule has 3 aromatic rings. The zero-order chi connectivity index (χ0) is 29.6. The highest BCUT2D eigenvalue weighted by Crippen LogP contribution is 2.44. The summed E-state index contributed by atoms with van der Waals surface area (Å²) in [5.41, 5.74) is 0.880. The fourth-order valence-electron chi connectivity index (χ4n) is 5.22. The lowest BCUT2D eigenvalue weighted by molar-refractivity contribution is -0.197. The number of amides is 3. The largest absolute Gasteiger partial charge is 0.354 e. The Morgan fingerprint density at radius 2 is 1.83 bits per heavy atom. The molecule has 15 nitrogen and oxygen atoms in total. The van der Waals surface area contributed by atoms with Crippen LogP contribution in [0, 0.1) is 0 Å². The Bertz CT molecular complexity index is 1670. The molecule has 5 heterocycles. The Morgan fingerprint density at radius 1 is 1.07 bits per heavy atom. The average molecular weight is 599 g/mol. The van der Waals surface area contributed by atoms with Gasteiger partial charge >= 0.3 is 6.03 Å². The number of carbonyl (C=O) groups is 2. The van der Waals surface area contributed by atoms with Gasteiger partial charge in [0.2, 0.25) is 10.0 Å². The van der Waals surface area contributed by atoms with Crippen LogP contribution < -0.4 is 16.0 Å². The topological polar surface area (TPSA) is 179 Å². The molecule has 0 aliphatic carbocycles. The number of urea groups is 1. The third kappa shape index (κ3) is 5.11. The van der Waals surface area contributed by atoms with E-state index in [9.17, 15) is 18.0 Å². The monoisotopic (exact) mass is 598 g/mol. The van der Waals surface area contributed by atoms with E-state index in [1.807, 2.05) is 6.92 Å². The minimum absolute atomic E-state index is 0.0641. The van der Waals surface area contributed by atoms with Crippen molar-refractivity contribution in [1.29, 1.82) is 0 Å². The van der Waals surface area contributed by atoms with Gasteiger partial charge < -0.3 is 24.8 Å². The predicted octanol–water partition coefficient (Wildman–Crippen LogP) is 1.58. The third-order valence-corrected chi connectivity index (χ3v) is 8.85.